The van der Waals surface area contributed by atoms with Gasteiger partial charge in [0, 0.05) is 30.4 Å². The normalized spacial score (nSPS) is 14.1. The number of likely N-dealkylation sites (tertiary alicyclic amines) is 1. The van der Waals surface area contributed by atoms with Gasteiger partial charge in [0.15, 0.2) is 0 Å². The van der Waals surface area contributed by atoms with Crippen molar-refractivity contribution in [1.82, 2.24) is 10.1 Å². The molecule has 2 heterocycles. The second-order valence-electron chi connectivity index (χ2n) is 5.82. The van der Waals surface area contributed by atoms with Gasteiger partial charge in [-0.15, -0.1) is 0 Å². The van der Waals surface area contributed by atoms with E-state index in [0.29, 0.717) is 16.9 Å². The minimum Gasteiger partial charge on any atom is -0.351 e. The largest absolute Gasteiger partial charge is 0.351 e. The SMILES string of the molecule is Cc1cc(C(=O)Nc2ccc(C(=O)N3CCCC3)cc2C)on1. The molecule has 6 nitrogen and oxygen atoms in total. The molecular formula is C17H19N3O3. The molecule has 1 aliphatic rings. The van der Waals surface area contributed by atoms with E-state index in [9.17, 15) is 9.59 Å². The van der Waals surface area contributed by atoms with E-state index >= 15 is 0 Å². The molecule has 6 heteroatoms. The minimum atomic E-state index is -0.354. The van der Waals surface area contributed by atoms with Crippen molar-refractivity contribution >= 4 is 17.5 Å². The van der Waals surface area contributed by atoms with Crippen LogP contribution in [0.25, 0.3) is 0 Å². The lowest BCUT2D eigenvalue weighted by Gasteiger charge is -2.16. The number of hydrogen-bond donors (Lipinski definition) is 1. The van der Waals surface area contributed by atoms with Gasteiger partial charge in [-0.25, -0.2) is 0 Å². The van der Waals surface area contributed by atoms with Crippen molar-refractivity contribution < 1.29 is 14.1 Å². The van der Waals surface area contributed by atoms with Crippen LogP contribution in [0.3, 0.4) is 0 Å². The van der Waals surface area contributed by atoms with Crippen LogP contribution in [0, 0.1) is 13.8 Å². The zero-order valence-electron chi connectivity index (χ0n) is 13.3. The number of carbonyl (C=O) groups is 2. The van der Waals surface area contributed by atoms with Crippen LogP contribution >= 0.6 is 0 Å². The predicted octanol–water partition coefficient (Wildman–Crippen LogP) is 2.78. The maximum absolute atomic E-state index is 12.4. The monoisotopic (exact) mass is 313 g/mol. The van der Waals surface area contributed by atoms with Gasteiger partial charge in [0.1, 0.15) is 0 Å². The molecule has 1 saturated heterocycles. The number of anilines is 1. The van der Waals surface area contributed by atoms with Crippen molar-refractivity contribution in [2.75, 3.05) is 18.4 Å². The summed E-state index contributed by atoms with van der Waals surface area (Å²) in [5, 5.41) is 6.48. The predicted molar refractivity (Wildman–Crippen MR) is 85.5 cm³/mol. The van der Waals surface area contributed by atoms with Crippen LogP contribution in [-0.4, -0.2) is 35.0 Å². The Morgan fingerprint density at radius 1 is 1.17 bits per heavy atom. The molecule has 0 aliphatic carbocycles. The van der Waals surface area contributed by atoms with Gasteiger partial charge in [0.05, 0.1) is 5.69 Å². The Hall–Kier alpha value is -2.63. The molecule has 120 valence electrons. The van der Waals surface area contributed by atoms with Gasteiger partial charge in [-0.2, -0.15) is 0 Å². The van der Waals surface area contributed by atoms with Crippen LogP contribution in [0.1, 0.15) is 45.0 Å². The first-order chi connectivity index (χ1) is 11.0. The van der Waals surface area contributed by atoms with E-state index in [1.807, 2.05) is 17.9 Å². The number of amides is 2. The zero-order valence-corrected chi connectivity index (χ0v) is 13.3. The van der Waals surface area contributed by atoms with E-state index in [2.05, 4.69) is 10.5 Å². The highest BCUT2D eigenvalue weighted by atomic mass is 16.5. The number of rotatable bonds is 3. The summed E-state index contributed by atoms with van der Waals surface area (Å²) in [7, 11) is 0. The minimum absolute atomic E-state index is 0.0503. The number of nitrogens with zero attached hydrogens (tertiary/aromatic N) is 2. The molecule has 23 heavy (non-hydrogen) atoms. The van der Waals surface area contributed by atoms with Crippen LogP contribution in [0.15, 0.2) is 28.8 Å². The van der Waals surface area contributed by atoms with Crippen molar-refractivity contribution in [1.29, 1.82) is 0 Å². The molecule has 0 saturated carbocycles. The Bertz CT molecular complexity index is 745. The van der Waals surface area contributed by atoms with Gasteiger partial charge in [-0.05, 0) is 50.5 Å². The lowest BCUT2D eigenvalue weighted by atomic mass is 10.1. The number of aryl methyl sites for hydroxylation is 2. The maximum atomic E-state index is 12.4. The molecule has 0 atom stereocenters. The van der Waals surface area contributed by atoms with Gasteiger partial charge in [-0.3, -0.25) is 9.59 Å². The highest BCUT2D eigenvalue weighted by Gasteiger charge is 2.20. The van der Waals surface area contributed by atoms with E-state index < -0.39 is 0 Å². The first-order valence-electron chi connectivity index (χ1n) is 7.69. The van der Waals surface area contributed by atoms with Crippen molar-refractivity contribution in [3.05, 3.63) is 46.8 Å². The molecule has 1 aromatic carbocycles. The Morgan fingerprint density at radius 3 is 2.52 bits per heavy atom. The lowest BCUT2D eigenvalue weighted by molar-refractivity contribution is 0.0792. The molecule has 2 amide bonds. The van der Waals surface area contributed by atoms with Crippen molar-refractivity contribution in [2.45, 2.75) is 26.7 Å². The van der Waals surface area contributed by atoms with Crippen molar-refractivity contribution in [3.63, 3.8) is 0 Å². The molecule has 1 aromatic heterocycles. The summed E-state index contributed by atoms with van der Waals surface area (Å²) in [5.74, 6) is -0.138. The summed E-state index contributed by atoms with van der Waals surface area (Å²) in [5.41, 5.74) is 2.79. The third-order valence-corrected chi connectivity index (χ3v) is 3.97. The van der Waals surface area contributed by atoms with Crippen LogP contribution in [0.4, 0.5) is 5.69 Å². The Labute approximate surface area is 134 Å². The summed E-state index contributed by atoms with van der Waals surface area (Å²) >= 11 is 0. The summed E-state index contributed by atoms with van der Waals surface area (Å²) in [6.45, 7) is 5.26. The molecule has 1 fully saturated rings. The third kappa shape index (κ3) is 3.26. The average Bonchev–Trinajstić information content (AvgIpc) is 3.20. The van der Waals surface area contributed by atoms with Gasteiger partial charge < -0.3 is 14.7 Å². The number of carbonyl (C=O) groups excluding carboxylic acids is 2. The second kappa shape index (κ2) is 6.24. The molecule has 0 radical (unpaired) electrons. The molecule has 1 aliphatic heterocycles. The lowest BCUT2D eigenvalue weighted by Crippen LogP contribution is -2.27. The van der Waals surface area contributed by atoms with E-state index in [4.69, 9.17) is 4.52 Å². The smallest absolute Gasteiger partial charge is 0.294 e. The standard InChI is InChI=1S/C17H19N3O3/c1-11-9-13(17(22)20-7-3-4-8-20)5-6-14(11)18-16(21)15-10-12(2)19-23-15/h5-6,9-10H,3-4,7-8H2,1-2H3,(H,18,21). The molecular weight excluding hydrogens is 294 g/mol. The van der Waals surface area contributed by atoms with Crippen LogP contribution in [0.5, 0.6) is 0 Å². The first-order valence-corrected chi connectivity index (χ1v) is 7.69. The zero-order chi connectivity index (χ0) is 16.4. The Balaban J connectivity index is 1.74. The molecule has 0 spiro atoms. The maximum Gasteiger partial charge on any atom is 0.294 e. The topological polar surface area (TPSA) is 75.4 Å². The number of hydrogen-bond acceptors (Lipinski definition) is 4. The van der Waals surface area contributed by atoms with Crippen LogP contribution in [0.2, 0.25) is 0 Å². The fourth-order valence-electron chi connectivity index (χ4n) is 2.69. The summed E-state index contributed by atoms with van der Waals surface area (Å²) < 4.78 is 4.94. The fourth-order valence-corrected chi connectivity index (χ4v) is 2.69. The average molecular weight is 313 g/mol. The number of aromatic nitrogens is 1. The van der Waals surface area contributed by atoms with Gasteiger partial charge in [0.25, 0.3) is 11.8 Å². The van der Waals surface area contributed by atoms with Crippen LogP contribution < -0.4 is 5.32 Å². The van der Waals surface area contributed by atoms with Gasteiger partial charge in [0.2, 0.25) is 5.76 Å². The summed E-state index contributed by atoms with van der Waals surface area (Å²) in [6, 6.07) is 6.88. The molecule has 2 aromatic rings. The molecule has 0 unspecified atom stereocenters. The fraction of sp³-hybridized carbons (Fsp3) is 0.353. The quantitative estimate of drug-likeness (QED) is 0.945. The highest BCUT2D eigenvalue weighted by molar-refractivity contribution is 6.03. The first kappa shape index (κ1) is 15.3. The van der Waals surface area contributed by atoms with Crippen molar-refractivity contribution in [3.8, 4) is 0 Å². The van der Waals surface area contributed by atoms with E-state index in [1.54, 1.807) is 25.1 Å². The Morgan fingerprint density at radius 2 is 1.91 bits per heavy atom. The van der Waals surface area contributed by atoms with E-state index in [0.717, 1.165) is 31.5 Å². The Kier molecular flexibility index (Phi) is 4.14. The molecule has 3 rings (SSSR count). The van der Waals surface area contributed by atoms with Crippen molar-refractivity contribution in [2.24, 2.45) is 0 Å². The van der Waals surface area contributed by atoms with Crippen LogP contribution in [-0.2, 0) is 0 Å². The van der Waals surface area contributed by atoms with E-state index in [1.165, 1.54) is 0 Å². The number of benzene rings is 1. The van der Waals surface area contributed by atoms with E-state index in [-0.39, 0.29) is 17.6 Å². The molecule has 0 bridgehead atoms. The summed E-state index contributed by atoms with van der Waals surface area (Å²) in [6.07, 6.45) is 2.13. The third-order valence-electron chi connectivity index (χ3n) is 3.97. The molecule has 1 N–H and O–H groups in total. The van der Waals surface area contributed by atoms with Gasteiger partial charge in [-0.1, -0.05) is 5.16 Å². The second-order valence-corrected chi connectivity index (χ2v) is 5.82. The number of nitrogens with one attached hydrogen (secondary N) is 1. The summed E-state index contributed by atoms with van der Waals surface area (Å²) in [4.78, 5) is 26.3. The van der Waals surface area contributed by atoms with Gasteiger partial charge >= 0.3 is 0 Å². The highest BCUT2D eigenvalue weighted by Crippen LogP contribution is 2.20.